The Hall–Kier alpha value is -2.53. The van der Waals surface area contributed by atoms with Crippen molar-refractivity contribution in [3.8, 4) is 5.75 Å². The van der Waals surface area contributed by atoms with Crippen LogP contribution in [0.3, 0.4) is 0 Å². The number of nitrogens with one attached hydrogen (secondary N) is 1. The van der Waals surface area contributed by atoms with E-state index in [0.717, 1.165) is 31.2 Å². The molecule has 1 atom stereocenters. The summed E-state index contributed by atoms with van der Waals surface area (Å²) in [7, 11) is 0. The molecule has 1 aliphatic carbocycles. The molecule has 4 rings (SSSR count). The molecule has 0 radical (unpaired) electrons. The number of amides is 2. The lowest BCUT2D eigenvalue weighted by molar-refractivity contribution is -0.128. The second-order valence-electron chi connectivity index (χ2n) is 7.32. The molecule has 1 saturated carbocycles. The summed E-state index contributed by atoms with van der Waals surface area (Å²) in [5.74, 6) is 0.122. The van der Waals surface area contributed by atoms with Gasteiger partial charge >= 0.3 is 0 Å². The van der Waals surface area contributed by atoms with Gasteiger partial charge in [-0.15, -0.1) is 0 Å². The normalized spacial score (nSPS) is 18.2. The van der Waals surface area contributed by atoms with E-state index < -0.39 is 6.04 Å². The van der Waals surface area contributed by atoms with Gasteiger partial charge in [-0.25, -0.2) is 0 Å². The highest BCUT2D eigenvalue weighted by Crippen LogP contribution is 2.39. The zero-order valence-electron chi connectivity index (χ0n) is 15.6. The maximum absolute atomic E-state index is 13.4. The Labute approximate surface area is 169 Å². The molecule has 2 aliphatic rings. The minimum absolute atomic E-state index is 0.103. The first-order valence-corrected chi connectivity index (χ1v) is 10.1. The highest BCUT2D eigenvalue weighted by Gasteiger charge is 2.37. The number of rotatable bonds is 4. The fourth-order valence-corrected chi connectivity index (χ4v) is 4.17. The molecule has 1 aliphatic heterocycles. The van der Waals surface area contributed by atoms with E-state index in [-0.39, 0.29) is 24.5 Å². The van der Waals surface area contributed by atoms with Crippen LogP contribution in [0.2, 0.25) is 5.02 Å². The standard InChI is InChI=1S/C22H23ClN2O3/c23-16-11-12-19-18(13-16)25(20(26)14-28-19)21(15-7-3-1-4-8-15)22(27)24-17-9-5-2-6-10-17/h1,3-4,7-8,11-13,17,21H,2,5-6,9-10,14H2,(H,24,27). The van der Waals surface area contributed by atoms with Crippen LogP contribution in [0.15, 0.2) is 48.5 Å². The Balaban J connectivity index is 1.72. The molecule has 2 amide bonds. The van der Waals surface area contributed by atoms with Gasteiger partial charge in [0.2, 0.25) is 5.91 Å². The van der Waals surface area contributed by atoms with Crippen molar-refractivity contribution in [1.29, 1.82) is 0 Å². The maximum atomic E-state index is 13.4. The topological polar surface area (TPSA) is 58.6 Å². The fraction of sp³-hybridized carbons (Fsp3) is 0.364. The molecule has 1 fully saturated rings. The highest BCUT2D eigenvalue weighted by atomic mass is 35.5. The summed E-state index contributed by atoms with van der Waals surface area (Å²) >= 11 is 6.18. The zero-order valence-corrected chi connectivity index (χ0v) is 16.3. The van der Waals surface area contributed by atoms with Crippen LogP contribution in [0.1, 0.15) is 43.7 Å². The van der Waals surface area contributed by atoms with Crippen molar-refractivity contribution in [3.63, 3.8) is 0 Å². The third-order valence-electron chi connectivity index (χ3n) is 5.37. The third-order valence-corrected chi connectivity index (χ3v) is 5.61. The smallest absolute Gasteiger partial charge is 0.266 e. The lowest BCUT2D eigenvalue weighted by atomic mass is 9.94. The van der Waals surface area contributed by atoms with E-state index in [4.69, 9.17) is 16.3 Å². The van der Waals surface area contributed by atoms with Crippen LogP contribution < -0.4 is 15.0 Å². The Kier molecular flexibility index (Phi) is 5.53. The second-order valence-corrected chi connectivity index (χ2v) is 7.76. The molecule has 0 aromatic heterocycles. The van der Waals surface area contributed by atoms with Gasteiger partial charge in [0.15, 0.2) is 6.61 Å². The molecule has 1 N–H and O–H groups in total. The van der Waals surface area contributed by atoms with Gasteiger partial charge in [-0.1, -0.05) is 61.2 Å². The molecule has 28 heavy (non-hydrogen) atoms. The van der Waals surface area contributed by atoms with Gasteiger partial charge in [-0.2, -0.15) is 0 Å². The summed E-state index contributed by atoms with van der Waals surface area (Å²) in [5.41, 5.74) is 1.29. The molecule has 2 aromatic rings. The summed E-state index contributed by atoms with van der Waals surface area (Å²) < 4.78 is 5.56. The molecule has 6 heteroatoms. The van der Waals surface area contributed by atoms with Crippen LogP contribution in [-0.2, 0) is 9.59 Å². The molecule has 0 saturated heterocycles. The van der Waals surface area contributed by atoms with Gasteiger partial charge in [0.25, 0.3) is 5.91 Å². The monoisotopic (exact) mass is 398 g/mol. The summed E-state index contributed by atoms with van der Waals surface area (Å²) in [6.07, 6.45) is 5.41. The number of halogens is 1. The molecule has 2 aromatic carbocycles. The largest absolute Gasteiger partial charge is 0.482 e. The van der Waals surface area contributed by atoms with E-state index in [1.54, 1.807) is 18.2 Å². The summed E-state index contributed by atoms with van der Waals surface area (Å²) in [6.45, 7) is -0.103. The highest BCUT2D eigenvalue weighted by molar-refractivity contribution is 6.31. The summed E-state index contributed by atoms with van der Waals surface area (Å²) in [4.78, 5) is 27.8. The number of anilines is 1. The van der Waals surface area contributed by atoms with E-state index in [2.05, 4.69) is 5.32 Å². The van der Waals surface area contributed by atoms with Crippen molar-refractivity contribution in [2.75, 3.05) is 11.5 Å². The lowest BCUT2D eigenvalue weighted by Gasteiger charge is -2.36. The van der Waals surface area contributed by atoms with E-state index >= 15 is 0 Å². The van der Waals surface area contributed by atoms with Crippen molar-refractivity contribution in [2.24, 2.45) is 0 Å². The Morgan fingerprint density at radius 2 is 1.86 bits per heavy atom. The lowest BCUT2D eigenvalue weighted by Crippen LogP contribution is -2.49. The predicted octanol–water partition coefficient (Wildman–Crippen LogP) is 4.26. The van der Waals surface area contributed by atoms with Crippen molar-refractivity contribution < 1.29 is 14.3 Å². The van der Waals surface area contributed by atoms with Crippen molar-refractivity contribution >= 4 is 29.1 Å². The molecular weight excluding hydrogens is 376 g/mol. The molecule has 0 bridgehead atoms. The number of benzene rings is 2. The van der Waals surface area contributed by atoms with Crippen LogP contribution in [-0.4, -0.2) is 24.5 Å². The first-order chi connectivity index (χ1) is 13.6. The zero-order chi connectivity index (χ0) is 19.5. The predicted molar refractivity (Wildman–Crippen MR) is 109 cm³/mol. The van der Waals surface area contributed by atoms with Gasteiger partial charge in [-0.3, -0.25) is 14.5 Å². The molecule has 5 nitrogen and oxygen atoms in total. The Morgan fingerprint density at radius 3 is 2.61 bits per heavy atom. The van der Waals surface area contributed by atoms with Crippen molar-refractivity contribution in [3.05, 3.63) is 59.1 Å². The van der Waals surface area contributed by atoms with E-state index in [9.17, 15) is 9.59 Å². The van der Waals surface area contributed by atoms with Gasteiger partial charge in [-0.05, 0) is 36.6 Å². The summed E-state index contributed by atoms with van der Waals surface area (Å²) in [6, 6.07) is 13.9. The first-order valence-electron chi connectivity index (χ1n) is 9.73. The van der Waals surface area contributed by atoms with E-state index in [0.29, 0.717) is 16.5 Å². The van der Waals surface area contributed by atoms with Gasteiger partial charge < -0.3 is 10.1 Å². The minimum atomic E-state index is -0.767. The van der Waals surface area contributed by atoms with Crippen LogP contribution in [0.25, 0.3) is 0 Å². The van der Waals surface area contributed by atoms with Gasteiger partial charge in [0, 0.05) is 11.1 Å². The van der Waals surface area contributed by atoms with Crippen molar-refractivity contribution in [1.82, 2.24) is 5.32 Å². The number of carbonyl (C=O) groups is 2. The van der Waals surface area contributed by atoms with Crippen LogP contribution in [0.5, 0.6) is 5.75 Å². The maximum Gasteiger partial charge on any atom is 0.266 e. The number of fused-ring (bicyclic) bond motifs is 1. The molecule has 146 valence electrons. The minimum Gasteiger partial charge on any atom is -0.482 e. The van der Waals surface area contributed by atoms with Crippen LogP contribution in [0, 0.1) is 0 Å². The molecule has 0 spiro atoms. The van der Waals surface area contributed by atoms with Crippen molar-refractivity contribution in [2.45, 2.75) is 44.2 Å². The van der Waals surface area contributed by atoms with Gasteiger partial charge in [0.1, 0.15) is 11.8 Å². The van der Waals surface area contributed by atoms with Crippen LogP contribution in [0.4, 0.5) is 5.69 Å². The van der Waals surface area contributed by atoms with Crippen LogP contribution >= 0.6 is 11.6 Å². The average molecular weight is 399 g/mol. The third kappa shape index (κ3) is 3.85. The first kappa shape index (κ1) is 18.8. The summed E-state index contributed by atoms with van der Waals surface area (Å²) in [5, 5.41) is 3.66. The number of ether oxygens (including phenoxy) is 1. The Morgan fingerprint density at radius 1 is 1.11 bits per heavy atom. The molecular formula is C22H23ClN2O3. The quantitative estimate of drug-likeness (QED) is 0.837. The SMILES string of the molecule is O=C(NC1CCCCC1)C(c1ccccc1)N1C(=O)COc2ccc(Cl)cc21. The van der Waals surface area contributed by atoms with E-state index in [1.807, 2.05) is 30.3 Å². The molecule has 1 heterocycles. The fourth-order valence-electron chi connectivity index (χ4n) is 4.01. The number of hydrogen-bond donors (Lipinski definition) is 1. The van der Waals surface area contributed by atoms with Gasteiger partial charge in [0.05, 0.1) is 5.69 Å². The number of nitrogens with zero attached hydrogens (tertiary/aromatic N) is 1. The molecule has 1 unspecified atom stereocenters. The second kappa shape index (κ2) is 8.23. The Bertz CT molecular complexity index is 865. The number of carbonyl (C=O) groups excluding carboxylic acids is 2. The van der Waals surface area contributed by atoms with E-state index in [1.165, 1.54) is 11.3 Å². The number of hydrogen-bond acceptors (Lipinski definition) is 3. The average Bonchev–Trinajstić information content (AvgIpc) is 2.71.